The molecule has 4 rings (SSSR count). The van der Waals surface area contributed by atoms with Crippen molar-refractivity contribution in [1.29, 1.82) is 0 Å². The van der Waals surface area contributed by atoms with Crippen molar-refractivity contribution in [2.24, 2.45) is 0 Å². The number of aromatic nitrogens is 8. The molecule has 0 fully saturated rings. The van der Waals surface area contributed by atoms with Gasteiger partial charge in [-0.25, -0.2) is 19.9 Å². The summed E-state index contributed by atoms with van der Waals surface area (Å²) in [7, 11) is 0. The normalized spacial score (nSPS) is 11.2. The molecular formula is C18H22N12O4S2. The summed E-state index contributed by atoms with van der Waals surface area (Å²) in [6.45, 7) is 0. The van der Waals surface area contributed by atoms with E-state index in [0.717, 1.165) is 36.4 Å². The Labute approximate surface area is 211 Å². The fourth-order valence-corrected chi connectivity index (χ4v) is 4.87. The van der Waals surface area contributed by atoms with Crippen molar-refractivity contribution in [1.82, 2.24) is 30.2 Å². The van der Waals surface area contributed by atoms with Gasteiger partial charge in [0.2, 0.25) is 11.4 Å². The van der Waals surface area contributed by atoms with Gasteiger partial charge >= 0.3 is 0 Å². The van der Waals surface area contributed by atoms with E-state index in [9.17, 15) is 10.4 Å². The molecule has 0 radical (unpaired) electrons. The molecule has 18 heteroatoms. The van der Waals surface area contributed by atoms with Crippen molar-refractivity contribution < 1.29 is 19.1 Å². The molecule has 0 aliphatic heterocycles. The smallest absolute Gasteiger partial charge is 0.285 e. The van der Waals surface area contributed by atoms with Crippen LogP contribution in [0.25, 0.3) is 0 Å². The molecule has 0 bridgehead atoms. The Kier molecular flexibility index (Phi) is 7.74. The van der Waals surface area contributed by atoms with Crippen LogP contribution in [0.15, 0.2) is 41.8 Å². The van der Waals surface area contributed by atoms with Gasteiger partial charge in [0.1, 0.15) is 23.3 Å². The van der Waals surface area contributed by atoms with Gasteiger partial charge in [-0.05, 0) is 22.6 Å². The molecule has 0 saturated heterocycles. The lowest BCUT2D eigenvalue weighted by Crippen LogP contribution is -2.28. The highest BCUT2D eigenvalue weighted by molar-refractivity contribution is 7.99. The van der Waals surface area contributed by atoms with E-state index in [1.54, 1.807) is 0 Å². The van der Waals surface area contributed by atoms with E-state index in [-0.39, 0.29) is 33.6 Å². The molecule has 0 saturated carbocycles. The van der Waals surface area contributed by atoms with Crippen LogP contribution >= 0.6 is 23.5 Å². The zero-order chi connectivity index (χ0) is 25.7. The maximum atomic E-state index is 12.0. The third kappa shape index (κ3) is 6.33. The zero-order valence-electron chi connectivity index (χ0n) is 18.7. The van der Waals surface area contributed by atoms with Crippen LogP contribution in [0.3, 0.4) is 0 Å². The third-order valence-electron chi connectivity index (χ3n) is 4.77. The molecule has 0 spiro atoms. The lowest BCUT2D eigenvalue weighted by molar-refractivity contribution is -0.808. The van der Waals surface area contributed by atoms with Gasteiger partial charge in [0, 0.05) is 48.5 Å². The van der Waals surface area contributed by atoms with Crippen LogP contribution in [0.1, 0.15) is 37.1 Å². The van der Waals surface area contributed by atoms with Crippen LogP contribution in [-0.4, -0.2) is 30.2 Å². The topological polar surface area (TPSA) is 262 Å². The number of nitrogen functional groups attached to an aromatic ring is 4. The quantitative estimate of drug-likeness (QED) is 0.116. The molecule has 4 aromatic heterocycles. The zero-order valence-corrected chi connectivity index (χ0v) is 20.4. The Morgan fingerprint density at radius 3 is 1.36 bits per heavy atom. The Morgan fingerprint density at radius 2 is 1.00 bits per heavy atom. The molecule has 0 atom stereocenters. The molecule has 8 N–H and O–H groups in total. The minimum absolute atomic E-state index is 0.211. The summed E-state index contributed by atoms with van der Waals surface area (Å²) in [6, 6.07) is 2.86. The Morgan fingerprint density at radius 1 is 0.639 bits per heavy atom. The lowest BCUT2D eigenvalue weighted by Gasteiger charge is -2.02. The maximum Gasteiger partial charge on any atom is 0.285 e. The van der Waals surface area contributed by atoms with E-state index < -0.39 is 0 Å². The number of hydrogen-bond donors (Lipinski definition) is 4. The monoisotopic (exact) mass is 534 g/mol. The van der Waals surface area contributed by atoms with E-state index in [1.165, 1.54) is 12.1 Å². The first-order chi connectivity index (χ1) is 17.3. The van der Waals surface area contributed by atoms with Crippen molar-refractivity contribution in [3.8, 4) is 0 Å². The fraction of sp³-hybridized carbons (Fsp3) is 0.333. The van der Waals surface area contributed by atoms with Crippen molar-refractivity contribution >= 4 is 46.8 Å². The number of nitrogens with zero attached hydrogens (tertiary/aromatic N) is 8. The summed E-state index contributed by atoms with van der Waals surface area (Å²) in [4.78, 5) is 17.0. The largest absolute Gasteiger partial charge is 0.383 e. The number of hydrogen-bond acceptors (Lipinski definition) is 16. The molecule has 4 heterocycles. The van der Waals surface area contributed by atoms with E-state index >= 15 is 0 Å². The predicted octanol–water partition coefficient (Wildman–Crippen LogP) is 0.486. The molecule has 0 aromatic carbocycles. The molecule has 0 aliphatic carbocycles. The number of unbranched alkanes of at least 4 members (excludes halogenated alkanes) is 3. The SMILES string of the molecule is Nc1cc(N)nc(Sc2no[n+]([O-])c2CCCCCCc2c(Sc3nc(N)cc(N)n3)no[n+]2[O-])n1. The third-order valence-corrected chi connectivity index (χ3v) is 6.51. The van der Waals surface area contributed by atoms with Gasteiger partial charge in [-0.1, -0.05) is 12.8 Å². The minimum Gasteiger partial charge on any atom is -0.383 e. The van der Waals surface area contributed by atoms with Crippen LogP contribution in [-0.2, 0) is 12.8 Å². The van der Waals surface area contributed by atoms with Gasteiger partial charge in [-0.15, -0.1) is 0 Å². The second-order valence-electron chi connectivity index (χ2n) is 7.48. The maximum absolute atomic E-state index is 12.0. The van der Waals surface area contributed by atoms with Crippen molar-refractivity contribution in [3.05, 3.63) is 33.9 Å². The molecule has 16 nitrogen and oxygen atoms in total. The lowest BCUT2D eigenvalue weighted by atomic mass is 10.1. The van der Waals surface area contributed by atoms with Crippen LogP contribution < -0.4 is 32.7 Å². The highest BCUT2D eigenvalue weighted by atomic mass is 32.2. The van der Waals surface area contributed by atoms with Gasteiger partial charge in [0.15, 0.2) is 10.3 Å². The Hall–Kier alpha value is -4.06. The highest BCUT2D eigenvalue weighted by Gasteiger charge is 2.23. The van der Waals surface area contributed by atoms with Crippen molar-refractivity contribution in [3.63, 3.8) is 0 Å². The van der Waals surface area contributed by atoms with Gasteiger partial charge in [-0.2, -0.15) is 0 Å². The fourth-order valence-electron chi connectivity index (χ4n) is 3.19. The van der Waals surface area contributed by atoms with Crippen molar-refractivity contribution in [2.75, 3.05) is 22.9 Å². The summed E-state index contributed by atoms with van der Waals surface area (Å²) in [5, 5.41) is 32.8. The van der Waals surface area contributed by atoms with E-state index in [4.69, 9.17) is 32.2 Å². The van der Waals surface area contributed by atoms with Gasteiger partial charge < -0.3 is 33.3 Å². The predicted molar refractivity (Wildman–Crippen MR) is 127 cm³/mol. The summed E-state index contributed by atoms with van der Waals surface area (Å²) < 4.78 is 9.47. The second kappa shape index (κ2) is 11.1. The molecule has 190 valence electrons. The van der Waals surface area contributed by atoms with Gasteiger partial charge in [-0.3, -0.25) is 9.26 Å². The molecule has 0 amide bonds. The van der Waals surface area contributed by atoms with Gasteiger partial charge in [0.25, 0.3) is 10.1 Å². The van der Waals surface area contributed by atoms with Crippen LogP contribution in [0, 0.1) is 10.4 Å². The van der Waals surface area contributed by atoms with Gasteiger partial charge in [0.05, 0.1) is 10.3 Å². The average molecular weight is 535 g/mol. The molecular weight excluding hydrogens is 512 g/mol. The van der Waals surface area contributed by atoms with Crippen LogP contribution in [0.4, 0.5) is 23.3 Å². The number of nitrogens with two attached hydrogens (primary N) is 4. The van der Waals surface area contributed by atoms with Crippen molar-refractivity contribution in [2.45, 2.75) is 58.9 Å². The standard InChI is InChI=1S/C18H22N12O4S2/c19-11-7-12(20)24-17(23-11)35-15-9(29(31)33-27-15)5-3-1-2-4-6-10-16(28-34-30(10)32)36-18-25-13(21)8-14(22)26-18/h7-8H,1-6H2,(H4,19,20,23,24)(H4,21,22,25,26). The first-order valence-electron chi connectivity index (χ1n) is 10.6. The summed E-state index contributed by atoms with van der Waals surface area (Å²) in [5.74, 6) is 0.846. The number of rotatable bonds is 11. The van der Waals surface area contributed by atoms with Crippen LogP contribution in [0.5, 0.6) is 0 Å². The molecule has 4 aromatic rings. The highest BCUT2D eigenvalue weighted by Crippen LogP contribution is 2.28. The molecule has 0 aliphatic rings. The summed E-state index contributed by atoms with van der Waals surface area (Å²) in [6.07, 6.45) is 3.82. The summed E-state index contributed by atoms with van der Waals surface area (Å²) in [5.41, 5.74) is 23.5. The number of anilines is 4. The average Bonchev–Trinajstić information content (AvgIpc) is 3.31. The van der Waals surface area contributed by atoms with Crippen LogP contribution in [0.2, 0.25) is 0 Å². The second-order valence-corrected chi connectivity index (χ2v) is 9.39. The van der Waals surface area contributed by atoms with E-state index in [1.807, 2.05) is 0 Å². The molecule has 36 heavy (non-hydrogen) atoms. The summed E-state index contributed by atoms with van der Waals surface area (Å²) >= 11 is 2.09. The molecule has 0 unspecified atom stereocenters. The first kappa shape index (κ1) is 25.0. The Balaban J connectivity index is 1.27. The minimum atomic E-state index is 0.211. The van der Waals surface area contributed by atoms with E-state index in [2.05, 4.69) is 30.2 Å². The van der Waals surface area contributed by atoms with E-state index in [0.29, 0.717) is 56.9 Å². The Bertz CT molecular complexity index is 1210. The first-order valence-corrected chi connectivity index (χ1v) is 12.2.